The number of ether oxygens (including phenoxy) is 1. The summed E-state index contributed by atoms with van der Waals surface area (Å²) in [4.78, 5) is 14.1. The largest absolute Gasteiger partial charge is 0.463 e. The third-order valence-corrected chi connectivity index (χ3v) is 4.13. The molecule has 0 radical (unpaired) electrons. The van der Waals surface area contributed by atoms with Crippen LogP contribution in [0.1, 0.15) is 85.0 Å². The molecule has 23 heavy (non-hydrogen) atoms. The van der Waals surface area contributed by atoms with Gasteiger partial charge in [-0.15, -0.1) is 0 Å². The lowest BCUT2D eigenvalue weighted by Crippen LogP contribution is -2.30. The molecule has 0 aliphatic rings. The van der Waals surface area contributed by atoms with Crippen LogP contribution in [0.5, 0.6) is 0 Å². The molecule has 0 aliphatic carbocycles. The summed E-state index contributed by atoms with van der Waals surface area (Å²) in [6.45, 7) is 13.4. The molecule has 136 valence electrons. The van der Waals surface area contributed by atoms with E-state index in [9.17, 15) is 4.79 Å². The lowest BCUT2D eigenvalue weighted by molar-refractivity contribution is -0.138. The van der Waals surface area contributed by atoms with Crippen LogP contribution in [-0.2, 0) is 9.53 Å². The predicted octanol–water partition coefficient (Wildman–Crippen LogP) is 5.35. The van der Waals surface area contributed by atoms with E-state index in [-0.39, 0.29) is 5.97 Å². The molecule has 0 atom stereocenters. The van der Waals surface area contributed by atoms with Gasteiger partial charge in [0.2, 0.25) is 0 Å². The van der Waals surface area contributed by atoms with Gasteiger partial charge in [0.15, 0.2) is 0 Å². The lowest BCUT2D eigenvalue weighted by Gasteiger charge is -2.23. The van der Waals surface area contributed by atoms with E-state index in [1.54, 1.807) is 0 Å². The van der Waals surface area contributed by atoms with E-state index in [0.29, 0.717) is 18.7 Å². The predicted molar refractivity (Wildman–Crippen MR) is 99.7 cm³/mol. The number of carbonyl (C=O) groups is 1. The van der Waals surface area contributed by atoms with Crippen LogP contribution in [-0.4, -0.2) is 37.1 Å². The smallest absolute Gasteiger partial charge is 0.334 e. The van der Waals surface area contributed by atoms with Gasteiger partial charge < -0.3 is 4.74 Å². The van der Waals surface area contributed by atoms with Gasteiger partial charge in [-0.05, 0) is 32.9 Å². The minimum Gasteiger partial charge on any atom is -0.463 e. The molecule has 3 heteroatoms. The Hall–Kier alpha value is -0.830. The summed E-state index contributed by atoms with van der Waals surface area (Å²) in [5.41, 5.74) is 0.592. The topological polar surface area (TPSA) is 29.5 Å². The number of nitrogens with zero attached hydrogens (tertiary/aromatic N) is 1. The molecular formula is C20H39NO2. The molecule has 0 bridgehead atoms. The Labute approximate surface area is 144 Å². The third-order valence-electron chi connectivity index (χ3n) is 4.13. The molecule has 0 aliphatic heterocycles. The van der Waals surface area contributed by atoms with Gasteiger partial charge in [-0.1, -0.05) is 71.8 Å². The molecule has 0 spiro atoms. The highest BCUT2D eigenvalue weighted by Crippen LogP contribution is 2.09. The van der Waals surface area contributed by atoms with E-state index in [4.69, 9.17) is 4.74 Å². The van der Waals surface area contributed by atoms with Gasteiger partial charge in [0.1, 0.15) is 0 Å². The molecule has 0 fully saturated rings. The van der Waals surface area contributed by atoms with Crippen molar-refractivity contribution in [2.45, 2.75) is 85.0 Å². The van der Waals surface area contributed by atoms with Crippen molar-refractivity contribution in [2.24, 2.45) is 0 Å². The summed E-state index contributed by atoms with van der Waals surface area (Å²) < 4.78 is 5.05. The average Bonchev–Trinajstić information content (AvgIpc) is 2.54. The van der Waals surface area contributed by atoms with Crippen LogP contribution in [0.15, 0.2) is 12.2 Å². The Morgan fingerprint density at radius 1 is 0.826 bits per heavy atom. The van der Waals surface area contributed by atoms with Crippen molar-refractivity contribution >= 4 is 5.97 Å². The molecule has 0 unspecified atom stereocenters. The fraction of sp³-hybridized carbons (Fsp3) is 0.850. The van der Waals surface area contributed by atoms with E-state index in [1.165, 1.54) is 64.2 Å². The molecule has 0 amide bonds. The van der Waals surface area contributed by atoms with Gasteiger partial charge in [0.05, 0.1) is 6.61 Å². The summed E-state index contributed by atoms with van der Waals surface area (Å²) in [7, 11) is 0. The number of carbonyl (C=O) groups excluding carboxylic acids is 1. The second-order valence-corrected chi connectivity index (χ2v) is 6.43. The number of hydrogen-bond donors (Lipinski definition) is 0. The number of unbranched alkanes of at least 4 members (excludes halogenated alkanes) is 8. The first-order valence-corrected chi connectivity index (χ1v) is 9.72. The van der Waals surface area contributed by atoms with E-state index in [1.807, 2.05) is 6.92 Å². The molecule has 0 aromatic heterocycles. The van der Waals surface area contributed by atoms with E-state index < -0.39 is 0 Å². The van der Waals surface area contributed by atoms with Gasteiger partial charge in [-0.2, -0.15) is 0 Å². The van der Waals surface area contributed by atoms with Gasteiger partial charge in [-0.3, -0.25) is 4.90 Å². The molecule has 3 nitrogen and oxygen atoms in total. The van der Waals surface area contributed by atoms with Crippen molar-refractivity contribution in [1.82, 2.24) is 4.90 Å². The van der Waals surface area contributed by atoms with Crippen LogP contribution in [0, 0.1) is 0 Å². The van der Waals surface area contributed by atoms with Crippen LogP contribution >= 0.6 is 0 Å². The van der Waals surface area contributed by atoms with Crippen molar-refractivity contribution < 1.29 is 9.53 Å². The first-order valence-electron chi connectivity index (χ1n) is 9.72. The van der Waals surface area contributed by atoms with E-state index >= 15 is 0 Å². The minimum absolute atomic E-state index is 0.241. The highest BCUT2D eigenvalue weighted by molar-refractivity contribution is 5.88. The molecule has 0 rings (SSSR count). The Morgan fingerprint density at radius 3 is 1.74 bits per heavy atom. The standard InChI is InChI=1S/C20H39NO2/c1-5-8-10-12-14-16-21(17-15-13-11-9-6-2)18-19(4)20(22)23-7-3/h4-18H2,1-3H3. The Morgan fingerprint density at radius 2 is 1.30 bits per heavy atom. The second-order valence-electron chi connectivity index (χ2n) is 6.43. The zero-order valence-electron chi connectivity index (χ0n) is 15.9. The quantitative estimate of drug-likeness (QED) is 0.218. The first-order chi connectivity index (χ1) is 11.2. The van der Waals surface area contributed by atoms with E-state index in [2.05, 4.69) is 25.3 Å². The van der Waals surface area contributed by atoms with Gasteiger partial charge in [-0.25, -0.2) is 4.79 Å². The number of hydrogen-bond acceptors (Lipinski definition) is 3. The molecule has 0 aromatic carbocycles. The molecule has 0 aromatic rings. The highest BCUT2D eigenvalue weighted by Gasteiger charge is 2.13. The summed E-state index contributed by atoms with van der Waals surface area (Å²) in [6.07, 6.45) is 12.8. The van der Waals surface area contributed by atoms with Crippen LogP contribution in [0.2, 0.25) is 0 Å². The van der Waals surface area contributed by atoms with Gasteiger partial charge in [0, 0.05) is 12.1 Å². The second kappa shape index (κ2) is 16.0. The Kier molecular flexibility index (Phi) is 15.5. The molecule has 0 saturated heterocycles. The zero-order valence-corrected chi connectivity index (χ0v) is 15.9. The summed E-state index contributed by atoms with van der Waals surface area (Å²) in [5.74, 6) is -0.241. The Balaban J connectivity index is 4.14. The van der Waals surface area contributed by atoms with Crippen LogP contribution in [0.4, 0.5) is 0 Å². The van der Waals surface area contributed by atoms with Crippen molar-refractivity contribution in [1.29, 1.82) is 0 Å². The van der Waals surface area contributed by atoms with E-state index in [0.717, 1.165) is 13.1 Å². The van der Waals surface area contributed by atoms with Crippen molar-refractivity contribution in [3.8, 4) is 0 Å². The molecule has 0 N–H and O–H groups in total. The molecular weight excluding hydrogens is 286 g/mol. The van der Waals surface area contributed by atoms with Crippen molar-refractivity contribution in [3.63, 3.8) is 0 Å². The average molecular weight is 326 g/mol. The summed E-state index contributed by atoms with van der Waals surface area (Å²) in [5, 5.41) is 0. The highest BCUT2D eigenvalue weighted by atomic mass is 16.5. The zero-order chi connectivity index (χ0) is 17.3. The summed E-state index contributed by atoms with van der Waals surface area (Å²) >= 11 is 0. The van der Waals surface area contributed by atoms with Crippen molar-refractivity contribution in [3.05, 3.63) is 12.2 Å². The number of rotatable bonds is 16. The van der Waals surface area contributed by atoms with Crippen molar-refractivity contribution in [2.75, 3.05) is 26.2 Å². The number of esters is 1. The monoisotopic (exact) mass is 325 g/mol. The summed E-state index contributed by atoms with van der Waals surface area (Å²) in [6, 6.07) is 0. The van der Waals surface area contributed by atoms with Crippen LogP contribution < -0.4 is 0 Å². The Bertz CT molecular complexity index is 288. The minimum atomic E-state index is -0.241. The maximum atomic E-state index is 11.8. The van der Waals surface area contributed by atoms with Crippen LogP contribution in [0.3, 0.4) is 0 Å². The fourth-order valence-corrected chi connectivity index (χ4v) is 2.72. The normalized spacial score (nSPS) is 11.0. The fourth-order valence-electron chi connectivity index (χ4n) is 2.72. The van der Waals surface area contributed by atoms with Gasteiger partial charge >= 0.3 is 5.97 Å². The lowest BCUT2D eigenvalue weighted by atomic mass is 10.1. The van der Waals surface area contributed by atoms with Gasteiger partial charge in [0.25, 0.3) is 0 Å². The molecule has 0 saturated carbocycles. The maximum absolute atomic E-state index is 11.8. The van der Waals surface area contributed by atoms with Crippen LogP contribution in [0.25, 0.3) is 0 Å². The first kappa shape index (κ1) is 22.2. The SMILES string of the molecule is C=C(CN(CCCCCCC)CCCCCCC)C(=O)OCC. The molecule has 0 heterocycles. The third kappa shape index (κ3) is 13.3. The maximum Gasteiger partial charge on any atom is 0.334 e.